The number of nitrogens with two attached hydrogens (primary N) is 1. The highest BCUT2D eigenvalue weighted by atomic mass is 16.5. The SMILES string of the molecule is Nc1ccc2c(c1)OCCNC21CC1. The van der Waals surface area contributed by atoms with E-state index >= 15 is 0 Å². The summed E-state index contributed by atoms with van der Waals surface area (Å²) in [5, 5.41) is 3.54. The third-order valence-electron chi connectivity index (χ3n) is 3.09. The molecule has 14 heavy (non-hydrogen) atoms. The van der Waals surface area contributed by atoms with Crippen LogP contribution in [0.3, 0.4) is 0 Å². The van der Waals surface area contributed by atoms with Gasteiger partial charge in [0.05, 0.1) is 0 Å². The minimum Gasteiger partial charge on any atom is -0.492 e. The summed E-state index contributed by atoms with van der Waals surface area (Å²) >= 11 is 0. The van der Waals surface area contributed by atoms with E-state index in [2.05, 4.69) is 11.4 Å². The lowest BCUT2D eigenvalue weighted by Crippen LogP contribution is -2.29. The zero-order valence-electron chi connectivity index (χ0n) is 8.05. The molecule has 1 aromatic rings. The van der Waals surface area contributed by atoms with Crippen LogP contribution in [0.1, 0.15) is 18.4 Å². The minimum absolute atomic E-state index is 0.208. The van der Waals surface area contributed by atoms with Gasteiger partial charge < -0.3 is 15.8 Å². The summed E-state index contributed by atoms with van der Waals surface area (Å²) in [5.41, 5.74) is 8.01. The second-order valence-corrected chi connectivity index (χ2v) is 4.11. The van der Waals surface area contributed by atoms with Crippen molar-refractivity contribution in [2.24, 2.45) is 0 Å². The van der Waals surface area contributed by atoms with E-state index in [-0.39, 0.29) is 5.54 Å². The summed E-state index contributed by atoms with van der Waals surface area (Å²) in [4.78, 5) is 0. The molecule has 0 radical (unpaired) electrons. The van der Waals surface area contributed by atoms with Crippen molar-refractivity contribution in [1.82, 2.24) is 5.32 Å². The van der Waals surface area contributed by atoms with Crippen molar-refractivity contribution >= 4 is 5.69 Å². The van der Waals surface area contributed by atoms with Gasteiger partial charge in [-0.3, -0.25) is 0 Å². The van der Waals surface area contributed by atoms with Gasteiger partial charge in [0, 0.05) is 29.4 Å². The Kier molecular flexibility index (Phi) is 1.53. The average Bonchev–Trinajstić information content (AvgIpc) is 2.95. The number of nitrogen functional groups attached to an aromatic ring is 1. The van der Waals surface area contributed by atoms with Gasteiger partial charge in [0.15, 0.2) is 0 Å². The Morgan fingerprint density at radius 3 is 3.00 bits per heavy atom. The van der Waals surface area contributed by atoms with Crippen LogP contribution in [-0.2, 0) is 5.54 Å². The maximum atomic E-state index is 5.74. The van der Waals surface area contributed by atoms with Crippen LogP contribution in [0.15, 0.2) is 18.2 Å². The quantitative estimate of drug-likeness (QED) is 0.605. The molecular weight excluding hydrogens is 176 g/mol. The lowest BCUT2D eigenvalue weighted by atomic mass is 10.0. The highest BCUT2D eigenvalue weighted by Gasteiger charge is 2.46. The van der Waals surface area contributed by atoms with Crippen LogP contribution in [0.25, 0.3) is 0 Å². The monoisotopic (exact) mass is 190 g/mol. The van der Waals surface area contributed by atoms with Crippen molar-refractivity contribution in [1.29, 1.82) is 0 Å². The molecule has 1 aromatic carbocycles. The zero-order chi connectivity index (χ0) is 9.60. The molecule has 3 N–H and O–H groups in total. The molecule has 0 unspecified atom stereocenters. The molecular formula is C11H14N2O. The third kappa shape index (κ3) is 1.09. The Morgan fingerprint density at radius 2 is 2.21 bits per heavy atom. The summed E-state index contributed by atoms with van der Waals surface area (Å²) in [7, 11) is 0. The lowest BCUT2D eigenvalue weighted by Gasteiger charge is -2.15. The van der Waals surface area contributed by atoms with Crippen LogP contribution in [0.5, 0.6) is 5.75 Å². The predicted molar refractivity (Wildman–Crippen MR) is 55.3 cm³/mol. The number of fused-ring (bicyclic) bond motifs is 2. The van der Waals surface area contributed by atoms with E-state index in [4.69, 9.17) is 10.5 Å². The molecule has 3 rings (SSSR count). The summed E-state index contributed by atoms with van der Waals surface area (Å²) in [6.45, 7) is 1.66. The van der Waals surface area contributed by atoms with Gasteiger partial charge in [0.2, 0.25) is 0 Å². The van der Waals surface area contributed by atoms with E-state index in [1.165, 1.54) is 18.4 Å². The topological polar surface area (TPSA) is 47.3 Å². The fourth-order valence-corrected chi connectivity index (χ4v) is 2.17. The average molecular weight is 190 g/mol. The highest BCUT2D eigenvalue weighted by Crippen LogP contribution is 2.49. The van der Waals surface area contributed by atoms with Crippen molar-refractivity contribution in [3.8, 4) is 5.75 Å². The van der Waals surface area contributed by atoms with Crippen LogP contribution in [-0.4, -0.2) is 13.2 Å². The van der Waals surface area contributed by atoms with Gasteiger partial charge in [-0.15, -0.1) is 0 Å². The largest absolute Gasteiger partial charge is 0.492 e. The molecule has 1 aliphatic heterocycles. The van der Waals surface area contributed by atoms with Gasteiger partial charge >= 0.3 is 0 Å². The smallest absolute Gasteiger partial charge is 0.126 e. The first-order valence-corrected chi connectivity index (χ1v) is 5.08. The van der Waals surface area contributed by atoms with Crippen molar-refractivity contribution in [2.75, 3.05) is 18.9 Å². The Hall–Kier alpha value is -1.22. The molecule has 74 valence electrons. The fourth-order valence-electron chi connectivity index (χ4n) is 2.17. The first-order valence-electron chi connectivity index (χ1n) is 5.08. The summed E-state index contributed by atoms with van der Waals surface area (Å²) in [6.07, 6.45) is 2.43. The molecule has 1 heterocycles. The molecule has 1 saturated carbocycles. The molecule has 0 bridgehead atoms. The summed E-state index contributed by atoms with van der Waals surface area (Å²) in [5.74, 6) is 0.965. The molecule has 1 spiro atoms. The maximum absolute atomic E-state index is 5.74. The number of hydrogen-bond donors (Lipinski definition) is 2. The van der Waals surface area contributed by atoms with Gasteiger partial charge in [0.1, 0.15) is 12.4 Å². The molecule has 3 nitrogen and oxygen atoms in total. The Balaban J connectivity index is 2.11. The van der Waals surface area contributed by atoms with E-state index < -0.39 is 0 Å². The van der Waals surface area contributed by atoms with Gasteiger partial charge in [-0.1, -0.05) is 6.07 Å². The zero-order valence-corrected chi connectivity index (χ0v) is 8.05. The lowest BCUT2D eigenvalue weighted by molar-refractivity contribution is 0.323. The first-order chi connectivity index (χ1) is 6.80. The number of nitrogens with one attached hydrogen (secondary N) is 1. The Bertz CT molecular complexity index is 372. The normalized spacial score (nSPS) is 22.3. The number of benzene rings is 1. The standard InChI is InChI=1S/C11H14N2O/c12-8-1-2-9-10(7-8)14-6-5-13-11(9)3-4-11/h1-2,7,13H,3-6,12H2. The van der Waals surface area contributed by atoms with Gasteiger partial charge in [0.25, 0.3) is 0 Å². The van der Waals surface area contributed by atoms with Crippen LogP contribution < -0.4 is 15.8 Å². The Morgan fingerprint density at radius 1 is 1.36 bits per heavy atom. The summed E-state index contributed by atoms with van der Waals surface area (Å²) < 4.78 is 5.66. The van der Waals surface area contributed by atoms with E-state index in [1.807, 2.05) is 12.1 Å². The van der Waals surface area contributed by atoms with Crippen LogP contribution >= 0.6 is 0 Å². The molecule has 0 aromatic heterocycles. The van der Waals surface area contributed by atoms with Crippen molar-refractivity contribution in [3.63, 3.8) is 0 Å². The molecule has 0 amide bonds. The summed E-state index contributed by atoms with van der Waals surface area (Å²) in [6, 6.07) is 5.98. The predicted octanol–water partition coefficient (Wildman–Crippen LogP) is 1.24. The van der Waals surface area contributed by atoms with Crippen molar-refractivity contribution in [3.05, 3.63) is 23.8 Å². The van der Waals surface area contributed by atoms with E-state index in [0.29, 0.717) is 0 Å². The second kappa shape index (κ2) is 2.64. The van der Waals surface area contributed by atoms with Crippen LogP contribution in [0.4, 0.5) is 5.69 Å². The molecule has 1 aliphatic carbocycles. The minimum atomic E-state index is 0.208. The molecule has 0 saturated heterocycles. The fraction of sp³-hybridized carbons (Fsp3) is 0.455. The number of anilines is 1. The molecule has 1 fully saturated rings. The van der Waals surface area contributed by atoms with E-state index in [1.54, 1.807) is 0 Å². The second-order valence-electron chi connectivity index (χ2n) is 4.11. The third-order valence-corrected chi connectivity index (χ3v) is 3.09. The van der Waals surface area contributed by atoms with Crippen molar-refractivity contribution < 1.29 is 4.74 Å². The van der Waals surface area contributed by atoms with Crippen LogP contribution in [0.2, 0.25) is 0 Å². The number of hydrogen-bond acceptors (Lipinski definition) is 3. The number of ether oxygens (including phenoxy) is 1. The van der Waals surface area contributed by atoms with Gasteiger partial charge in [-0.2, -0.15) is 0 Å². The van der Waals surface area contributed by atoms with E-state index in [9.17, 15) is 0 Å². The Labute approximate surface area is 83.2 Å². The van der Waals surface area contributed by atoms with E-state index in [0.717, 1.165) is 24.6 Å². The molecule has 2 aliphatic rings. The molecule has 0 atom stereocenters. The van der Waals surface area contributed by atoms with Gasteiger partial charge in [-0.05, 0) is 18.9 Å². The first kappa shape index (κ1) is 8.12. The van der Waals surface area contributed by atoms with Gasteiger partial charge in [-0.25, -0.2) is 0 Å². The van der Waals surface area contributed by atoms with Crippen molar-refractivity contribution in [2.45, 2.75) is 18.4 Å². The molecule has 3 heteroatoms. The number of rotatable bonds is 0. The highest BCUT2D eigenvalue weighted by molar-refractivity contribution is 5.52. The maximum Gasteiger partial charge on any atom is 0.126 e. The van der Waals surface area contributed by atoms with Crippen LogP contribution in [0, 0.1) is 0 Å².